The zero-order chi connectivity index (χ0) is 16.0. The topological polar surface area (TPSA) is 66.4 Å². The number of benzene rings is 1. The van der Waals surface area contributed by atoms with Crippen LogP contribution in [0.4, 0.5) is 0 Å². The minimum Gasteiger partial charge on any atom is -0.481 e. The molecule has 2 N–H and O–H groups in total. The number of hydrogen-bond donors (Lipinski definition) is 2. The molecule has 1 atom stereocenters. The quantitative estimate of drug-likeness (QED) is 0.811. The summed E-state index contributed by atoms with van der Waals surface area (Å²) in [4.78, 5) is 23.0. The van der Waals surface area contributed by atoms with Gasteiger partial charge in [0.25, 0.3) is 5.91 Å². The number of hydrogen-bond acceptors (Lipinski definition) is 2. The lowest BCUT2D eigenvalue weighted by Crippen LogP contribution is -2.31. The molecule has 1 amide bonds. The number of aliphatic carboxylic acids is 1. The van der Waals surface area contributed by atoms with Crippen LogP contribution in [-0.2, 0) is 4.79 Å². The first-order valence-corrected chi connectivity index (χ1v) is 7.36. The molecule has 0 aliphatic heterocycles. The van der Waals surface area contributed by atoms with E-state index in [-0.39, 0.29) is 18.2 Å². The van der Waals surface area contributed by atoms with E-state index in [2.05, 4.69) is 19.2 Å². The SMILES string of the molecule is Cc1cc(C)cc(C(=O)NCC(CC(=O)O)CC(C)C)c1. The maximum Gasteiger partial charge on any atom is 0.303 e. The first-order chi connectivity index (χ1) is 9.77. The highest BCUT2D eigenvalue weighted by Crippen LogP contribution is 2.15. The molecular weight excluding hydrogens is 266 g/mol. The van der Waals surface area contributed by atoms with Crippen LogP contribution in [0.2, 0.25) is 0 Å². The third kappa shape index (κ3) is 6.43. The van der Waals surface area contributed by atoms with Gasteiger partial charge in [0.1, 0.15) is 0 Å². The monoisotopic (exact) mass is 291 g/mol. The molecule has 0 saturated carbocycles. The van der Waals surface area contributed by atoms with Crippen molar-refractivity contribution in [2.24, 2.45) is 11.8 Å². The second-order valence-electron chi connectivity index (χ2n) is 6.18. The minimum absolute atomic E-state index is 0.0302. The highest BCUT2D eigenvalue weighted by atomic mass is 16.4. The first-order valence-electron chi connectivity index (χ1n) is 7.36. The van der Waals surface area contributed by atoms with Gasteiger partial charge in [0.05, 0.1) is 0 Å². The van der Waals surface area contributed by atoms with E-state index in [4.69, 9.17) is 5.11 Å². The molecule has 0 saturated heterocycles. The minimum atomic E-state index is -0.818. The molecule has 0 bridgehead atoms. The average Bonchev–Trinajstić information content (AvgIpc) is 2.32. The Kier molecular flexibility index (Phi) is 6.40. The Morgan fingerprint density at radius 2 is 1.71 bits per heavy atom. The lowest BCUT2D eigenvalue weighted by atomic mass is 9.94. The molecule has 0 aliphatic rings. The van der Waals surface area contributed by atoms with Gasteiger partial charge in [0.15, 0.2) is 0 Å². The molecule has 0 spiro atoms. The smallest absolute Gasteiger partial charge is 0.303 e. The van der Waals surface area contributed by atoms with Crippen molar-refractivity contribution in [2.45, 2.75) is 40.5 Å². The Morgan fingerprint density at radius 3 is 2.19 bits per heavy atom. The van der Waals surface area contributed by atoms with Crippen molar-refractivity contribution >= 4 is 11.9 Å². The van der Waals surface area contributed by atoms with Gasteiger partial charge < -0.3 is 10.4 Å². The highest BCUT2D eigenvalue weighted by Gasteiger charge is 2.16. The van der Waals surface area contributed by atoms with Crippen molar-refractivity contribution < 1.29 is 14.7 Å². The van der Waals surface area contributed by atoms with E-state index in [0.717, 1.165) is 17.5 Å². The molecule has 116 valence electrons. The lowest BCUT2D eigenvalue weighted by Gasteiger charge is -2.18. The van der Waals surface area contributed by atoms with Crippen LogP contribution < -0.4 is 5.32 Å². The van der Waals surface area contributed by atoms with E-state index in [1.54, 1.807) is 0 Å². The molecule has 4 heteroatoms. The Balaban J connectivity index is 2.65. The number of carbonyl (C=O) groups excluding carboxylic acids is 1. The summed E-state index contributed by atoms with van der Waals surface area (Å²) in [6.07, 6.45) is 0.880. The third-order valence-corrected chi connectivity index (χ3v) is 3.30. The maximum atomic E-state index is 12.2. The van der Waals surface area contributed by atoms with Crippen LogP contribution in [0, 0.1) is 25.7 Å². The molecule has 21 heavy (non-hydrogen) atoms. The number of nitrogens with one attached hydrogen (secondary N) is 1. The van der Waals surface area contributed by atoms with Crippen molar-refractivity contribution in [1.29, 1.82) is 0 Å². The van der Waals surface area contributed by atoms with Gasteiger partial charge in [0.2, 0.25) is 0 Å². The predicted octanol–water partition coefficient (Wildman–Crippen LogP) is 3.17. The van der Waals surface area contributed by atoms with Crippen LogP contribution in [0.3, 0.4) is 0 Å². The van der Waals surface area contributed by atoms with E-state index >= 15 is 0 Å². The molecule has 0 aromatic heterocycles. The molecule has 0 aliphatic carbocycles. The Bertz CT molecular complexity index is 489. The Labute approximate surface area is 126 Å². The van der Waals surface area contributed by atoms with Gasteiger partial charge in [-0.05, 0) is 44.2 Å². The van der Waals surface area contributed by atoms with Gasteiger partial charge in [0, 0.05) is 18.5 Å². The Morgan fingerprint density at radius 1 is 1.14 bits per heavy atom. The fraction of sp³-hybridized carbons (Fsp3) is 0.529. The molecule has 0 heterocycles. The summed E-state index contributed by atoms with van der Waals surface area (Å²) < 4.78 is 0. The predicted molar refractivity (Wildman–Crippen MR) is 83.4 cm³/mol. The second-order valence-corrected chi connectivity index (χ2v) is 6.18. The van der Waals surface area contributed by atoms with Crippen LogP contribution in [0.15, 0.2) is 18.2 Å². The van der Waals surface area contributed by atoms with E-state index in [0.29, 0.717) is 18.0 Å². The second kappa shape index (κ2) is 7.81. The molecule has 1 aromatic carbocycles. The van der Waals surface area contributed by atoms with Crippen molar-refractivity contribution in [3.8, 4) is 0 Å². The summed E-state index contributed by atoms with van der Waals surface area (Å²) >= 11 is 0. The molecule has 0 fully saturated rings. The third-order valence-electron chi connectivity index (χ3n) is 3.30. The molecular formula is C17H25NO3. The summed E-state index contributed by atoms with van der Waals surface area (Å²) in [5.41, 5.74) is 2.72. The largest absolute Gasteiger partial charge is 0.481 e. The summed E-state index contributed by atoms with van der Waals surface area (Å²) in [6, 6.07) is 5.71. The van der Waals surface area contributed by atoms with Gasteiger partial charge in [-0.25, -0.2) is 0 Å². The molecule has 4 nitrogen and oxygen atoms in total. The van der Waals surface area contributed by atoms with Crippen LogP contribution in [0.1, 0.15) is 48.2 Å². The van der Waals surface area contributed by atoms with Crippen LogP contribution in [0.25, 0.3) is 0 Å². The van der Waals surface area contributed by atoms with Gasteiger partial charge in [-0.15, -0.1) is 0 Å². The van der Waals surface area contributed by atoms with Crippen molar-refractivity contribution in [3.63, 3.8) is 0 Å². The van der Waals surface area contributed by atoms with Gasteiger partial charge in [-0.1, -0.05) is 31.0 Å². The number of carbonyl (C=O) groups is 2. The standard InChI is InChI=1S/C17H25NO3/c1-11(2)5-14(9-16(19)20)10-18-17(21)15-7-12(3)6-13(4)8-15/h6-8,11,14H,5,9-10H2,1-4H3,(H,18,21)(H,19,20). The summed E-state index contributed by atoms with van der Waals surface area (Å²) in [5, 5.41) is 11.8. The van der Waals surface area contributed by atoms with Gasteiger partial charge >= 0.3 is 5.97 Å². The number of carboxylic acid groups (broad SMARTS) is 1. The lowest BCUT2D eigenvalue weighted by molar-refractivity contribution is -0.138. The van der Waals surface area contributed by atoms with Crippen LogP contribution >= 0.6 is 0 Å². The number of amides is 1. The fourth-order valence-corrected chi connectivity index (χ4v) is 2.60. The highest BCUT2D eigenvalue weighted by molar-refractivity contribution is 5.94. The van der Waals surface area contributed by atoms with Gasteiger partial charge in [-0.2, -0.15) is 0 Å². The number of aryl methyl sites for hydroxylation is 2. The molecule has 1 rings (SSSR count). The molecule has 1 aromatic rings. The fourth-order valence-electron chi connectivity index (χ4n) is 2.60. The van der Waals surface area contributed by atoms with Crippen LogP contribution in [-0.4, -0.2) is 23.5 Å². The summed E-state index contributed by atoms with van der Waals surface area (Å²) in [6.45, 7) is 8.42. The number of rotatable bonds is 7. The van der Waals surface area contributed by atoms with Gasteiger partial charge in [-0.3, -0.25) is 9.59 Å². The number of carboxylic acids is 1. The molecule has 0 radical (unpaired) electrons. The first kappa shape index (κ1) is 17.2. The molecule has 1 unspecified atom stereocenters. The van der Waals surface area contributed by atoms with E-state index < -0.39 is 5.97 Å². The van der Waals surface area contributed by atoms with Crippen molar-refractivity contribution in [3.05, 3.63) is 34.9 Å². The average molecular weight is 291 g/mol. The Hall–Kier alpha value is -1.84. The zero-order valence-electron chi connectivity index (χ0n) is 13.3. The van der Waals surface area contributed by atoms with Crippen LogP contribution in [0.5, 0.6) is 0 Å². The zero-order valence-corrected chi connectivity index (χ0v) is 13.3. The maximum absolute atomic E-state index is 12.2. The van der Waals surface area contributed by atoms with E-state index in [1.807, 2.05) is 32.0 Å². The summed E-state index contributed by atoms with van der Waals surface area (Å²) in [7, 11) is 0. The van der Waals surface area contributed by atoms with Crippen molar-refractivity contribution in [1.82, 2.24) is 5.32 Å². The van der Waals surface area contributed by atoms with E-state index in [1.165, 1.54) is 0 Å². The van der Waals surface area contributed by atoms with Crippen molar-refractivity contribution in [2.75, 3.05) is 6.54 Å². The normalized spacial score (nSPS) is 12.2. The summed E-state index contributed by atoms with van der Waals surface area (Å²) in [5.74, 6) is -0.577. The van der Waals surface area contributed by atoms with E-state index in [9.17, 15) is 9.59 Å².